The van der Waals surface area contributed by atoms with E-state index in [0.29, 0.717) is 0 Å². The number of imidazole rings is 1. The van der Waals surface area contributed by atoms with E-state index < -0.39 is 0 Å². The number of aryl methyl sites for hydroxylation is 1. The summed E-state index contributed by atoms with van der Waals surface area (Å²) < 4.78 is 1.95. The summed E-state index contributed by atoms with van der Waals surface area (Å²) in [5, 5.41) is 3.39. The molecule has 2 rings (SSSR count). The summed E-state index contributed by atoms with van der Waals surface area (Å²) in [4.78, 5) is 13.1. The van der Waals surface area contributed by atoms with E-state index >= 15 is 0 Å². The maximum Gasteiger partial charge on any atom is 0.156 e. The number of nitrogens with zero attached hydrogens (tertiary/aromatic N) is 4. The molecule has 0 fully saturated rings. The van der Waals surface area contributed by atoms with Crippen LogP contribution in [-0.4, -0.2) is 25.1 Å². The molecule has 0 saturated heterocycles. The van der Waals surface area contributed by atoms with Gasteiger partial charge in [0.05, 0.1) is 23.8 Å². The van der Waals surface area contributed by atoms with Crippen LogP contribution in [0.2, 0.25) is 0 Å². The van der Waals surface area contributed by atoms with E-state index in [1.165, 1.54) is 0 Å². The predicted octanol–water partition coefficient (Wildman–Crippen LogP) is 2.17. The number of nitrogens with one attached hydrogen (secondary N) is 1. The van der Waals surface area contributed by atoms with Crippen molar-refractivity contribution in [2.75, 3.05) is 0 Å². The van der Waals surface area contributed by atoms with Crippen LogP contribution < -0.4 is 5.32 Å². The molecule has 2 heterocycles. The Morgan fingerprint density at radius 3 is 2.32 bits per heavy atom. The van der Waals surface area contributed by atoms with Gasteiger partial charge in [-0.3, -0.25) is 9.55 Å². The van der Waals surface area contributed by atoms with Crippen molar-refractivity contribution in [3.05, 3.63) is 35.8 Å². The van der Waals surface area contributed by atoms with Gasteiger partial charge in [-0.25, -0.2) is 9.97 Å². The van der Waals surface area contributed by atoms with Gasteiger partial charge in [0.25, 0.3) is 0 Å². The number of rotatable bonds is 3. The zero-order valence-corrected chi connectivity index (χ0v) is 12.2. The monoisotopic (exact) mass is 259 g/mol. The lowest BCUT2D eigenvalue weighted by atomic mass is 10.1. The Kier molecular flexibility index (Phi) is 3.66. The fourth-order valence-electron chi connectivity index (χ4n) is 1.65. The molecule has 5 nitrogen and oxygen atoms in total. The second-order valence-corrected chi connectivity index (χ2v) is 5.75. The van der Waals surface area contributed by atoms with Crippen LogP contribution in [0.3, 0.4) is 0 Å². The van der Waals surface area contributed by atoms with Crippen LogP contribution in [0.5, 0.6) is 0 Å². The zero-order chi connectivity index (χ0) is 14.0. The largest absolute Gasteiger partial charge is 0.306 e. The minimum absolute atomic E-state index is 0.0817. The van der Waals surface area contributed by atoms with Crippen molar-refractivity contribution in [1.82, 2.24) is 24.8 Å². The molecule has 0 saturated carbocycles. The highest BCUT2D eigenvalue weighted by Crippen LogP contribution is 2.10. The Morgan fingerprint density at radius 1 is 1.11 bits per heavy atom. The van der Waals surface area contributed by atoms with Gasteiger partial charge in [-0.15, -0.1) is 0 Å². The minimum Gasteiger partial charge on any atom is -0.306 e. The van der Waals surface area contributed by atoms with Crippen LogP contribution in [0, 0.1) is 13.8 Å². The third-order valence-electron chi connectivity index (χ3n) is 2.99. The summed E-state index contributed by atoms with van der Waals surface area (Å²) in [6.45, 7) is 11.1. The lowest BCUT2D eigenvalue weighted by molar-refractivity contribution is 0.421. The van der Waals surface area contributed by atoms with E-state index in [0.717, 1.165) is 29.4 Å². The average molecular weight is 259 g/mol. The number of hydrogen-bond acceptors (Lipinski definition) is 4. The summed E-state index contributed by atoms with van der Waals surface area (Å²) >= 11 is 0. The van der Waals surface area contributed by atoms with Gasteiger partial charge in [0.1, 0.15) is 6.33 Å². The van der Waals surface area contributed by atoms with Gasteiger partial charge in [0.15, 0.2) is 5.82 Å². The van der Waals surface area contributed by atoms with E-state index in [2.05, 4.69) is 41.0 Å². The quantitative estimate of drug-likeness (QED) is 0.917. The van der Waals surface area contributed by atoms with Gasteiger partial charge < -0.3 is 5.32 Å². The first-order valence-corrected chi connectivity index (χ1v) is 6.44. The van der Waals surface area contributed by atoms with Gasteiger partial charge in [-0.05, 0) is 34.6 Å². The lowest BCUT2D eigenvalue weighted by Crippen LogP contribution is -2.35. The van der Waals surface area contributed by atoms with Crippen molar-refractivity contribution in [3.63, 3.8) is 0 Å². The molecule has 5 heteroatoms. The standard InChI is InChI=1S/C14H21N5/c1-10-11(2)19(9-17-10)13-8-15-12(6-16-13)7-18-14(3,4)5/h6,8-9,18H,7H2,1-5H3. The summed E-state index contributed by atoms with van der Waals surface area (Å²) in [5.41, 5.74) is 3.13. The van der Waals surface area contributed by atoms with Gasteiger partial charge in [-0.2, -0.15) is 0 Å². The second-order valence-electron chi connectivity index (χ2n) is 5.75. The predicted molar refractivity (Wildman–Crippen MR) is 75.2 cm³/mol. The van der Waals surface area contributed by atoms with Gasteiger partial charge in [-0.1, -0.05) is 0 Å². The molecule has 0 aliphatic rings. The first-order valence-electron chi connectivity index (χ1n) is 6.44. The van der Waals surface area contributed by atoms with E-state index in [1.807, 2.05) is 24.6 Å². The van der Waals surface area contributed by atoms with Crippen LogP contribution >= 0.6 is 0 Å². The van der Waals surface area contributed by atoms with Crippen LogP contribution in [-0.2, 0) is 6.54 Å². The van der Waals surface area contributed by atoms with Crippen LogP contribution in [0.25, 0.3) is 5.82 Å². The zero-order valence-electron chi connectivity index (χ0n) is 12.2. The highest BCUT2D eigenvalue weighted by Gasteiger charge is 2.10. The molecule has 1 N–H and O–H groups in total. The fraction of sp³-hybridized carbons (Fsp3) is 0.500. The molecule has 0 unspecified atom stereocenters. The third-order valence-corrected chi connectivity index (χ3v) is 2.99. The second kappa shape index (κ2) is 5.09. The fourth-order valence-corrected chi connectivity index (χ4v) is 1.65. The van der Waals surface area contributed by atoms with E-state index in [4.69, 9.17) is 0 Å². The van der Waals surface area contributed by atoms with Crippen LogP contribution in [0.15, 0.2) is 18.7 Å². The molecular formula is C14H21N5. The summed E-state index contributed by atoms with van der Waals surface area (Å²) in [5.74, 6) is 0.803. The maximum absolute atomic E-state index is 4.44. The van der Waals surface area contributed by atoms with Gasteiger partial charge in [0, 0.05) is 17.8 Å². The normalized spacial score (nSPS) is 11.8. The summed E-state index contributed by atoms with van der Waals surface area (Å²) in [7, 11) is 0. The van der Waals surface area contributed by atoms with Crippen molar-refractivity contribution < 1.29 is 0 Å². The van der Waals surface area contributed by atoms with Crippen molar-refractivity contribution in [2.24, 2.45) is 0 Å². The van der Waals surface area contributed by atoms with E-state index in [9.17, 15) is 0 Å². The molecule has 2 aromatic rings. The van der Waals surface area contributed by atoms with Crippen molar-refractivity contribution in [2.45, 2.75) is 46.7 Å². The molecule has 0 bridgehead atoms. The molecule has 2 aromatic heterocycles. The third kappa shape index (κ3) is 3.38. The average Bonchev–Trinajstić information content (AvgIpc) is 2.68. The first kappa shape index (κ1) is 13.7. The Morgan fingerprint density at radius 2 is 1.84 bits per heavy atom. The molecular weight excluding hydrogens is 238 g/mol. The van der Waals surface area contributed by atoms with Crippen molar-refractivity contribution >= 4 is 0 Å². The molecule has 0 aromatic carbocycles. The SMILES string of the molecule is Cc1ncn(-c2cnc(CNC(C)(C)C)cn2)c1C. The summed E-state index contributed by atoms with van der Waals surface area (Å²) in [6, 6.07) is 0. The van der Waals surface area contributed by atoms with E-state index in [-0.39, 0.29) is 5.54 Å². The lowest BCUT2D eigenvalue weighted by Gasteiger charge is -2.20. The number of aromatic nitrogens is 4. The van der Waals surface area contributed by atoms with Crippen molar-refractivity contribution in [3.8, 4) is 5.82 Å². The molecule has 0 aliphatic carbocycles. The van der Waals surface area contributed by atoms with Crippen LogP contribution in [0.4, 0.5) is 0 Å². The van der Waals surface area contributed by atoms with Gasteiger partial charge in [0.2, 0.25) is 0 Å². The Bertz CT molecular complexity index is 548. The van der Waals surface area contributed by atoms with E-state index in [1.54, 1.807) is 12.5 Å². The van der Waals surface area contributed by atoms with Gasteiger partial charge >= 0.3 is 0 Å². The topological polar surface area (TPSA) is 55.6 Å². The Balaban J connectivity index is 2.13. The Labute approximate surface area is 114 Å². The minimum atomic E-state index is 0.0817. The first-order chi connectivity index (χ1) is 8.87. The molecule has 0 aliphatic heterocycles. The molecule has 0 amide bonds. The molecule has 0 atom stereocenters. The van der Waals surface area contributed by atoms with Crippen molar-refractivity contribution in [1.29, 1.82) is 0 Å². The summed E-state index contributed by atoms with van der Waals surface area (Å²) in [6.07, 6.45) is 5.37. The molecule has 19 heavy (non-hydrogen) atoms. The Hall–Kier alpha value is -1.75. The molecule has 0 radical (unpaired) electrons. The molecule has 0 spiro atoms. The highest BCUT2D eigenvalue weighted by molar-refractivity contribution is 5.25. The number of hydrogen-bond donors (Lipinski definition) is 1. The smallest absolute Gasteiger partial charge is 0.156 e. The molecule has 102 valence electrons. The van der Waals surface area contributed by atoms with Crippen LogP contribution in [0.1, 0.15) is 37.9 Å². The maximum atomic E-state index is 4.44. The highest BCUT2D eigenvalue weighted by atomic mass is 15.1.